The van der Waals surface area contributed by atoms with Crippen molar-refractivity contribution in [1.82, 2.24) is 0 Å². The lowest BCUT2D eigenvalue weighted by molar-refractivity contribution is -0.162. The van der Waals surface area contributed by atoms with E-state index in [0.29, 0.717) is 45.3 Å². The highest BCUT2D eigenvalue weighted by molar-refractivity contribution is 7.98. The molecular formula is C32H70N10O16S. The number of rotatable bonds is 25. The van der Waals surface area contributed by atoms with E-state index >= 15 is 0 Å². The zero-order valence-corrected chi connectivity index (χ0v) is 34.3. The first kappa shape index (κ1) is 66.7. The Morgan fingerprint density at radius 2 is 0.780 bits per heavy atom. The summed E-state index contributed by atoms with van der Waals surface area (Å²) in [6.07, 6.45) is 8.03. The van der Waals surface area contributed by atoms with Crippen LogP contribution in [0.1, 0.15) is 70.6 Å². The number of unbranched alkanes of at least 4 members (excludes halogenated alkanes) is 3. The van der Waals surface area contributed by atoms with E-state index in [4.69, 9.17) is 87.3 Å². The van der Waals surface area contributed by atoms with Gasteiger partial charge in [-0.1, -0.05) is 19.3 Å². The molecule has 0 aromatic carbocycles. The molecule has 350 valence electrons. The van der Waals surface area contributed by atoms with Crippen LogP contribution in [0.5, 0.6) is 0 Å². The van der Waals surface area contributed by atoms with Gasteiger partial charge in [0.25, 0.3) is 0 Å². The lowest BCUT2D eigenvalue weighted by atomic mass is 10.1. The fourth-order valence-corrected chi connectivity index (χ4v) is 3.35. The molecule has 0 heterocycles. The quantitative estimate of drug-likeness (QED) is 0.0232. The second-order valence-corrected chi connectivity index (χ2v) is 12.7. The number of carboxylic acid groups (broad SMARTS) is 6. The van der Waals surface area contributed by atoms with Gasteiger partial charge in [-0.25, -0.2) is 9.59 Å². The van der Waals surface area contributed by atoms with Crippen molar-refractivity contribution in [3.8, 4) is 0 Å². The predicted octanol–water partition coefficient (Wildman–Crippen LogP) is -5.06. The molecule has 0 aromatic rings. The van der Waals surface area contributed by atoms with Crippen molar-refractivity contribution in [2.45, 2.75) is 107 Å². The Morgan fingerprint density at radius 1 is 0.475 bits per heavy atom. The van der Waals surface area contributed by atoms with Gasteiger partial charge in [-0.15, -0.1) is 0 Å². The first-order valence-corrected chi connectivity index (χ1v) is 19.3. The molecule has 0 aromatic heterocycles. The maximum atomic E-state index is 11.5. The van der Waals surface area contributed by atoms with E-state index < -0.39 is 97.0 Å². The van der Waals surface area contributed by atoms with E-state index in [2.05, 4.69) is 10.5 Å². The van der Waals surface area contributed by atoms with E-state index in [1.807, 2.05) is 6.26 Å². The fourth-order valence-electron chi connectivity index (χ4n) is 2.86. The Balaban J connectivity index is -0.000000151. The van der Waals surface area contributed by atoms with Crippen molar-refractivity contribution < 1.29 is 78.8 Å². The van der Waals surface area contributed by atoms with E-state index in [1.54, 1.807) is 11.8 Å². The molecular weight excluding hydrogens is 812 g/mol. The summed E-state index contributed by atoms with van der Waals surface area (Å²) in [6, 6.07) is -5.41. The highest BCUT2D eigenvalue weighted by atomic mass is 32.2. The van der Waals surface area contributed by atoms with Crippen LogP contribution in [0.2, 0.25) is 0 Å². The van der Waals surface area contributed by atoms with Crippen molar-refractivity contribution in [3.05, 3.63) is 0 Å². The van der Waals surface area contributed by atoms with Crippen LogP contribution in [0.4, 0.5) is 0 Å². The van der Waals surface area contributed by atoms with Crippen LogP contribution in [0.25, 0.3) is 0 Å². The van der Waals surface area contributed by atoms with Crippen LogP contribution in [0.3, 0.4) is 0 Å². The standard InChI is InChI=1S/C12H26N4O3.C6H14N2O2.C5H11NO2S.C4H7NO4.C3H7NO3.C2H5NO2/c13-7-3-1-5-9(15)11(17)19-12(18)10(16)6-2-4-8-14;7-4-2-1-3-5(8)6(9)10;1-9-3-2-4(6)5(7)8;5-2(4(8)9)1-3(6)7;4-2(1-5)3(6)7;3-1-2(4)5/h9-10H,1-8,13-16H2;5H,1-4,7-8H2,(H,9,10);4H,2-3,6H2,1H3,(H,7,8);2H,1,5H2,(H,6,7)(H,8,9);2,5H,1,4H2,(H,6,7);1,3H2,(H,4,5)/t9-,10-;5-;4-;2*2-;/m00000./s1. The van der Waals surface area contributed by atoms with Crippen LogP contribution in [0.15, 0.2) is 0 Å². The smallest absolute Gasteiger partial charge is 0.330 e. The third kappa shape index (κ3) is 56.0. The topological polar surface area (TPSA) is 548 Å². The molecule has 27 N–H and O–H groups in total. The first-order chi connectivity index (χ1) is 27.4. The second kappa shape index (κ2) is 46.6. The Labute approximate surface area is 347 Å². The Hall–Kier alpha value is -4.13. The molecule has 0 bridgehead atoms. The lowest BCUT2D eigenvalue weighted by Gasteiger charge is -2.13. The maximum Gasteiger partial charge on any atom is 0.330 e. The number of aliphatic hydroxyl groups excluding tert-OH is 1. The largest absolute Gasteiger partial charge is 0.481 e. The molecule has 0 radical (unpaired) electrons. The summed E-state index contributed by atoms with van der Waals surface area (Å²) in [5.41, 5.74) is 51.7. The second-order valence-electron chi connectivity index (χ2n) is 11.7. The van der Waals surface area contributed by atoms with E-state index in [-0.39, 0.29) is 6.54 Å². The summed E-state index contributed by atoms with van der Waals surface area (Å²) in [4.78, 5) is 81.7. The molecule has 0 aliphatic rings. The van der Waals surface area contributed by atoms with Crippen LogP contribution in [-0.4, -0.2) is 165 Å². The molecule has 0 spiro atoms. The number of thioether (sulfide) groups is 1. The van der Waals surface area contributed by atoms with Gasteiger partial charge in [0.15, 0.2) is 0 Å². The zero-order chi connectivity index (χ0) is 47.5. The van der Waals surface area contributed by atoms with E-state index in [1.165, 1.54) is 0 Å². The SMILES string of the molecule is CSCC[C@H](N)C(=O)O.NCC(=O)O.NCCCC[C@H](N)C(=O)O.NCCCC[C@H](N)C(=O)OC(=O)[C@@H](N)CCCCN.N[C@@H](CC(=O)O)C(=O)O.N[C@@H](CO)C(=O)O. The molecule has 27 heteroatoms. The van der Waals surface area contributed by atoms with Crippen LogP contribution in [0, 0.1) is 0 Å². The number of hydrogen-bond acceptors (Lipinski definition) is 21. The molecule has 0 aliphatic heterocycles. The Kier molecular flexibility index (Phi) is 52.6. The van der Waals surface area contributed by atoms with Crippen LogP contribution < -0.4 is 57.3 Å². The van der Waals surface area contributed by atoms with Gasteiger partial charge < -0.3 is 97.8 Å². The minimum absolute atomic E-state index is 0.278. The van der Waals surface area contributed by atoms with Crippen molar-refractivity contribution in [2.75, 3.05) is 44.8 Å². The number of esters is 2. The average molecular weight is 883 g/mol. The van der Waals surface area contributed by atoms with Gasteiger partial charge in [0.1, 0.15) is 36.3 Å². The lowest BCUT2D eigenvalue weighted by Crippen LogP contribution is -2.39. The molecule has 0 saturated carbocycles. The van der Waals surface area contributed by atoms with Crippen molar-refractivity contribution in [3.63, 3.8) is 0 Å². The summed E-state index contributed by atoms with van der Waals surface area (Å²) in [7, 11) is 0. The average Bonchev–Trinajstić information content (AvgIpc) is 3.17. The molecule has 0 aliphatic carbocycles. The van der Waals surface area contributed by atoms with Gasteiger partial charge in [-0.2, -0.15) is 11.8 Å². The molecule has 6 atom stereocenters. The Morgan fingerprint density at radius 3 is 0.983 bits per heavy atom. The summed E-state index contributed by atoms with van der Waals surface area (Å²) < 4.78 is 4.64. The van der Waals surface area contributed by atoms with Crippen LogP contribution in [-0.2, 0) is 43.1 Å². The van der Waals surface area contributed by atoms with Crippen molar-refractivity contribution in [2.24, 2.45) is 57.3 Å². The predicted molar refractivity (Wildman–Crippen MR) is 217 cm³/mol. The van der Waals surface area contributed by atoms with Crippen LogP contribution >= 0.6 is 11.8 Å². The summed E-state index contributed by atoms with van der Waals surface area (Å²) in [5, 5.41) is 56.1. The highest BCUT2D eigenvalue weighted by Crippen LogP contribution is 2.04. The van der Waals surface area contributed by atoms with Gasteiger partial charge in [0.05, 0.1) is 19.6 Å². The number of carbonyl (C=O) groups excluding carboxylic acids is 2. The van der Waals surface area contributed by atoms with Crippen molar-refractivity contribution >= 4 is 59.5 Å². The normalized spacial score (nSPS) is 12.8. The highest BCUT2D eigenvalue weighted by Gasteiger charge is 2.22. The number of nitrogens with two attached hydrogens (primary N) is 10. The number of carbonyl (C=O) groups is 8. The van der Waals surface area contributed by atoms with E-state index in [9.17, 15) is 38.4 Å². The fraction of sp³-hybridized carbons (Fsp3) is 0.750. The molecule has 0 unspecified atom stereocenters. The minimum atomic E-state index is -1.29. The van der Waals surface area contributed by atoms with Gasteiger partial charge in [0.2, 0.25) is 0 Å². The molecule has 0 amide bonds. The van der Waals surface area contributed by atoms with E-state index in [0.717, 1.165) is 44.3 Å². The summed E-state index contributed by atoms with van der Waals surface area (Å²) in [5.74, 6) is -7.13. The molecule has 0 fully saturated rings. The number of aliphatic hydroxyl groups is 1. The number of hydrogen-bond donors (Lipinski definition) is 17. The summed E-state index contributed by atoms with van der Waals surface area (Å²) in [6.45, 7) is 0.918. The van der Waals surface area contributed by atoms with Gasteiger partial charge in [-0.3, -0.25) is 28.8 Å². The number of aliphatic carboxylic acids is 6. The molecule has 0 saturated heterocycles. The first-order valence-electron chi connectivity index (χ1n) is 17.9. The number of carboxylic acids is 6. The third-order valence-electron chi connectivity index (χ3n) is 6.38. The maximum absolute atomic E-state index is 11.5. The molecule has 0 rings (SSSR count). The number of ether oxygens (including phenoxy) is 1. The Bertz CT molecular complexity index is 1120. The molecule has 26 nitrogen and oxygen atoms in total. The molecule has 59 heavy (non-hydrogen) atoms. The van der Waals surface area contributed by atoms with Gasteiger partial charge in [-0.05, 0) is 76.6 Å². The minimum Gasteiger partial charge on any atom is -0.481 e. The third-order valence-corrected chi connectivity index (χ3v) is 7.03. The monoisotopic (exact) mass is 882 g/mol. The van der Waals surface area contributed by atoms with Crippen molar-refractivity contribution in [1.29, 1.82) is 0 Å². The van der Waals surface area contributed by atoms with Gasteiger partial charge >= 0.3 is 47.8 Å². The summed E-state index contributed by atoms with van der Waals surface area (Å²) >= 11 is 1.60. The van der Waals surface area contributed by atoms with Gasteiger partial charge in [0, 0.05) is 0 Å². The zero-order valence-electron chi connectivity index (χ0n) is 33.5.